The van der Waals surface area contributed by atoms with E-state index in [4.69, 9.17) is 11.6 Å². The summed E-state index contributed by atoms with van der Waals surface area (Å²) in [7, 11) is 0. The molecule has 0 unspecified atom stereocenters. The fraction of sp³-hybridized carbons (Fsp3) is 0.529. The fourth-order valence-electron chi connectivity index (χ4n) is 2.06. The van der Waals surface area contributed by atoms with E-state index in [2.05, 4.69) is 10.6 Å². The predicted octanol–water partition coefficient (Wildman–Crippen LogP) is 2.91. The van der Waals surface area contributed by atoms with Gasteiger partial charge in [0, 0.05) is 29.2 Å². The van der Waals surface area contributed by atoms with Crippen molar-refractivity contribution in [1.29, 1.82) is 0 Å². The highest BCUT2D eigenvalue weighted by molar-refractivity contribution is 6.30. The second kappa shape index (κ2) is 8.89. The summed E-state index contributed by atoms with van der Waals surface area (Å²) < 4.78 is 0. The summed E-state index contributed by atoms with van der Waals surface area (Å²) in [6.45, 7) is 9.33. The number of anilines is 1. The highest BCUT2D eigenvalue weighted by Gasteiger charge is 2.16. The first-order valence-electron chi connectivity index (χ1n) is 7.78. The fourth-order valence-corrected chi connectivity index (χ4v) is 2.25. The van der Waals surface area contributed by atoms with Gasteiger partial charge >= 0.3 is 0 Å². The van der Waals surface area contributed by atoms with Crippen LogP contribution in [0.3, 0.4) is 0 Å². The molecule has 1 rings (SSSR count). The van der Waals surface area contributed by atoms with E-state index in [-0.39, 0.29) is 23.9 Å². The van der Waals surface area contributed by atoms with Gasteiger partial charge in [-0.15, -0.1) is 0 Å². The van der Waals surface area contributed by atoms with Crippen LogP contribution in [0.4, 0.5) is 5.69 Å². The molecule has 0 aliphatic heterocycles. The lowest BCUT2D eigenvalue weighted by molar-refractivity contribution is -0.124. The summed E-state index contributed by atoms with van der Waals surface area (Å²) in [4.78, 5) is 25.9. The first-order valence-corrected chi connectivity index (χ1v) is 8.16. The summed E-state index contributed by atoms with van der Waals surface area (Å²) in [5, 5.41) is 6.31. The Morgan fingerprint density at radius 2 is 1.91 bits per heavy atom. The van der Waals surface area contributed by atoms with E-state index in [1.165, 1.54) is 0 Å². The van der Waals surface area contributed by atoms with Gasteiger partial charge in [0.25, 0.3) is 0 Å². The number of carbonyl (C=O) groups is 2. The molecule has 1 aromatic carbocycles. The molecule has 5 nitrogen and oxygen atoms in total. The van der Waals surface area contributed by atoms with Gasteiger partial charge in [0.2, 0.25) is 11.8 Å². The molecule has 0 bridgehead atoms. The average molecular weight is 340 g/mol. The first kappa shape index (κ1) is 19.5. The van der Waals surface area contributed by atoms with Gasteiger partial charge in [0.1, 0.15) is 0 Å². The van der Waals surface area contributed by atoms with E-state index in [1.807, 2.05) is 32.6 Å². The highest BCUT2D eigenvalue weighted by atomic mass is 35.5. The van der Waals surface area contributed by atoms with Crippen molar-refractivity contribution in [3.63, 3.8) is 0 Å². The number of nitrogens with one attached hydrogen (secondary N) is 2. The molecule has 128 valence electrons. The molecule has 0 heterocycles. The zero-order chi connectivity index (χ0) is 17.5. The number of benzene rings is 1. The van der Waals surface area contributed by atoms with Crippen LogP contribution in [0.15, 0.2) is 24.3 Å². The van der Waals surface area contributed by atoms with Crippen LogP contribution in [0.25, 0.3) is 0 Å². The Morgan fingerprint density at radius 3 is 2.48 bits per heavy atom. The number of rotatable bonds is 7. The van der Waals surface area contributed by atoms with Crippen molar-refractivity contribution in [2.45, 2.75) is 39.7 Å². The molecule has 23 heavy (non-hydrogen) atoms. The summed E-state index contributed by atoms with van der Waals surface area (Å²) in [5.74, 6) is -0.128. The van der Waals surface area contributed by atoms with Gasteiger partial charge in [-0.05, 0) is 45.5 Å². The lowest BCUT2D eigenvalue weighted by atomic mass is 10.1. The number of hydrogen-bond acceptors (Lipinski definition) is 3. The standard InChI is InChI=1S/C17H26ClN3O2/c1-5-21(12-16(23)20-17(2,3)4)10-9-15(22)19-14-8-6-7-13(18)11-14/h6-8,11H,5,9-10,12H2,1-4H3,(H,19,22)(H,20,23). The minimum absolute atomic E-state index is 0.0328. The lowest BCUT2D eigenvalue weighted by Crippen LogP contribution is -2.46. The van der Waals surface area contributed by atoms with Crippen LogP contribution in [0.2, 0.25) is 5.02 Å². The Labute approximate surface area is 143 Å². The Hall–Kier alpha value is -1.59. The van der Waals surface area contributed by atoms with Crippen molar-refractivity contribution in [2.24, 2.45) is 0 Å². The molecule has 0 saturated heterocycles. The maximum absolute atomic E-state index is 12.0. The van der Waals surface area contributed by atoms with Gasteiger partial charge in [-0.3, -0.25) is 14.5 Å². The van der Waals surface area contributed by atoms with Crippen LogP contribution < -0.4 is 10.6 Å². The van der Waals surface area contributed by atoms with E-state index >= 15 is 0 Å². The number of nitrogens with zero attached hydrogens (tertiary/aromatic N) is 1. The molecule has 0 fully saturated rings. The van der Waals surface area contributed by atoms with Crippen molar-refractivity contribution in [3.8, 4) is 0 Å². The van der Waals surface area contributed by atoms with Crippen molar-refractivity contribution >= 4 is 29.1 Å². The normalized spacial score (nSPS) is 11.4. The third-order valence-corrected chi connectivity index (χ3v) is 3.33. The minimum Gasteiger partial charge on any atom is -0.350 e. The van der Waals surface area contributed by atoms with Gasteiger partial charge < -0.3 is 10.6 Å². The Kier molecular flexibility index (Phi) is 7.52. The molecular formula is C17H26ClN3O2. The topological polar surface area (TPSA) is 61.4 Å². The van der Waals surface area contributed by atoms with Crippen LogP contribution in [-0.4, -0.2) is 41.9 Å². The molecule has 0 aliphatic rings. The Balaban J connectivity index is 2.41. The molecule has 2 N–H and O–H groups in total. The van der Waals surface area contributed by atoms with E-state index in [0.717, 1.165) is 0 Å². The van der Waals surface area contributed by atoms with Crippen molar-refractivity contribution in [2.75, 3.05) is 25.0 Å². The number of carbonyl (C=O) groups excluding carboxylic acids is 2. The Bertz CT molecular complexity index is 541. The van der Waals surface area contributed by atoms with E-state index in [1.54, 1.807) is 24.3 Å². The molecule has 6 heteroatoms. The number of halogens is 1. The second-order valence-corrected chi connectivity index (χ2v) is 6.91. The summed E-state index contributed by atoms with van der Waals surface area (Å²) >= 11 is 5.88. The molecule has 0 atom stereocenters. The van der Waals surface area contributed by atoms with Crippen molar-refractivity contribution < 1.29 is 9.59 Å². The smallest absolute Gasteiger partial charge is 0.234 e. The SMILES string of the molecule is CCN(CCC(=O)Nc1cccc(Cl)c1)CC(=O)NC(C)(C)C. The molecule has 0 radical (unpaired) electrons. The van der Waals surface area contributed by atoms with Gasteiger partial charge in [0.05, 0.1) is 6.54 Å². The second-order valence-electron chi connectivity index (χ2n) is 6.48. The predicted molar refractivity (Wildman–Crippen MR) is 94.7 cm³/mol. The van der Waals surface area contributed by atoms with Crippen LogP contribution in [0.1, 0.15) is 34.1 Å². The summed E-state index contributed by atoms with van der Waals surface area (Å²) in [5.41, 5.74) is 0.427. The van der Waals surface area contributed by atoms with Gasteiger partial charge in [0.15, 0.2) is 0 Å². The minimum atomic E-state index is -0.250. The van der Waals surface area contributed by atoms with Crippen LogP contribution in [0, 0.1) is 0 Å². The first-order chi connectivity index (χ1) is 10.7. The Morgan fingerprint density at radius 1 is 1.22 bits per heavy atom. The van der Waals surface area contributed by atoms with E-state index in [9.17, 15) is 9.59 Å². The molecule has 1 aromatic rings. The maximum atomic E-state index is 12.0. The third kappa shape index (κ3) is 8.57. The summed E-state index contributed by atoms with van der Waals surface area (Å²) in [6, 6.07) is 7.03. The van der Waals surface area contributed by atoms with Crippen LogP contribution >= 0.6 is 11.6 Å². The average Bonchev–Trinajstić information content (AvgIpc) is 2.41. The quantitative estimate of drug-likeness (QED) is 0.803. The summed E-state index contributed by atoms with van der Waals surface area (Å²) in [6.07, 6.45) is 0.323. The van der Waals surface area contributed by atoms with Gasteiger partial charge in [-0.2, -0.15) is 0 Å². The van der Waals surface area contributed by atoms with Crippen molar-refractivity contribution in [1.82, 2.24) is 10.2 Å². The largest absolute Gasteiger partial charge is 0.350 e. The lowest BCUT2D eigenvalue weighted by Gasteiger charge is -2.24. The monoisotopic (exact) mass is 339 g/mol. The van der Waals surface area contributed by atoms with Crippen LogP contribution in [0.5, 0.6) is 0 Å². The number of amides is 2. The zero-order valence-corrected chi connectivity index (χ0v) is 15.0. The van der Waals surface area contributed by atoms with Crippen molar-refractivity contribution in [3.05, 3.63) is 29.3 Å². The highest BCUT2D eigenvalue weighted by Crippen LogP contribution is 2.15. The van der Waals surface area contributed by atoms with Gasteiger partial charge in [-0.1, -0.05) is 24.6 Å². The molecule has 0 aliphatic carbocycles. The van der Waals surface area contributed by atoms with Gasteiger partial charge in [-0.25, -0.2) is 0 Å². The van der Waals surface area contributed by atoms with E-state index < -0.39 is 0 Å². The molecule has 0 spiro atoms. The molecule has 2 amide bonds. The van der Waals surface area contributed by atoms with Crippen LogP contribution in [-0.2, 0) is 9.59 Å². The molecular weight excluding hydrogens is 314 g/mol. The maximum Gasteiger partial charge on any atom is 0.234 e. The van der Waals surface area contributed by atoms with E-state index in [0.29, 0.717) is 30.2 Å². The molecule has 0 aromatic heterocycles. The number of hydrogen-bond donors (Lipinski definition) is 2. The molecule has 0 saturated carbocycles. The number of likely N-dealkylation sites (N-methyl/N-ethyl adjacent to an activating group) is 1. The third-order valence-electron chi connectivity index (χ3n) is 3.09. The zero-order valence-electron chi connectivity index (χ0n) is 14.3.